The zero-order chi connectivity index (χ0) is 16.1. The molecule has 1 nitrogen and oxygen atoms in total. The second kappa shape index (κ2) is 8.00. The van der Waals surface area contributed by atoms with E-state index < -0.39 is 17.8 Å². The minimum absolute atomic E-state index is 0.0329. The van der Waals surface area contributed by atoms with Crippen LogP contribution in [0, 0.1) is 17.8 Å². The summed E-state index contributed by atoms with van der Waals surface area (Å²) < 4.78 is 41.2. The van der Waals surface area contributed by atoms with Gasteiger partial charge in [-0.3, -0.25) is 0 Å². The van der Waals surface area contributed by atoms with Crippen molar-refractivity contribution in [2.45, 2.75) is 51.6 Å². The number of aliphatic hydroxyl groups excluding tert-OH is 1. The summed E-state index contributed by atoms with van der Waals surface area (Å²) >= 11 is 0. The predicted molar refractivity (Wildman–Crippen MR) is 82.3 cm³/mol. The average Bonchev–Trinajstić information content (AvgIpc) is 2.52. The first-order chi connectivity index (χ1) is 10.5. The van der Waals surface area contributed by atoms with E-state index >= 15 is 0 Å². The molecule has 4 heteroatoms. The largest absolute Gasteiger partial charge is 0.396 e. The number of hydrogen-bond donors (Lipinski definition) is 1. The fourth-order valence-corrected chi connectivity index (χ4v) is 3.48. The van der Waals surface area contributed by atoms with Crippen LogP contribution in [0.3, 0.4) is 0 Å². The van der Waals surface area contributed by atoms with E-state index in [4.69, 9.17) is 0 Å². The number of halogens is 3. The second-order valence-corrected chi connectivity index (χ2v) is 6.67. The van der Waals surface area contributed by atoms with E-state index in [-0.39, 0.29) is 24.5 Å². The molecule has 0 amide bonds. The lowest BCUT2D eigenvalue weighted by Gasteiger charge is -2.32. The molecule has 0 aliphatic heterocycles. The minimum Gasteiger partial charge on any atom is -0.396 e. The van der Waals surface area contributed by atoms with Crippen LogP contribution < -0.4 is 0 Å². The molecule has 1 fully saturated rings. The fraction of sp³-hybridized carbons (Fsp3) is 0.667. The Labute approximate surface area is 130 Å². The third kappa shape index (κ3) is 4.48. The number of rotatable bonds is 4. The van der Waals surface area contributed by atoms with E-state index in [2.05, 4.69) is 6.92 Å². The van der Waals surface area contributed by atoms with Crippen molar-refractivity contribution in [1.82, 2.24) is 0 Å². The van der Waals surface area contributed by atoms with Gasteiger partial charge in [0.15, 0.2) is 6.17 Å². The SMILES string of the molecule is CC1CCC(C(CO)C/C2=C(\F)C(F)C=C/C(F)=C\C2)CC1. The summed E-state index contributed by atoms with van der Waals surface area (Å²) in [5.41, 5.74) is 0.282. The molecule has 0 spiro atoms. The molecule has 2 atom stereocenters. The molecule has 1 saturated carbocycles. The topological polar surface area (TPSA) is 20.2 Å². The smallest absolute Gasteiger partial charge is 0.170 e. The highest BCUT2D eigenvalue weighted by Crippen LogP contribution is 2.37. The monoisotopic (exact) mass is 314 g/mol. The number of aliphatic hydroxyl groups is 1. The molecular weight excluding hydrogens is 289 g/mol. The third-order valence-electron chi connectivity index (χ3n) is 5.02. The molecule has 0 bridgehead atoms. The highest BCUT2D eigenvalue weighted by molar-refractivity contribution is 5.27. The maximum atomic E-state index is 14.2. The van der Waals surface area contributed by atoms with Gasteiger partial charge in [0, 0.05) is 6.61 Å². The van der Waals surface area contributed by atoms with Gasteiger partial charge in [-0.2, -0.15) is 0 Å². The van der Waals surface area contributed by atoms with Gasteiger partial charge < -0.3 is 5.11 Å². The summed E-state index contributed by atoms with van der Waals surface area (Å²) in [6, 6.07) is 0. The molecule has 0 heterocycles. The highest BCUT2D eigenvalue weighted by Gasteiger charge is 2.28. The zero-order valence-electron chi connectivity index (χ0n) is 13.1. The van der Waals surface area contributed by atoms with Crippen molar-refractivity contribution in [3.63, 3.8) is 0 Å². The molecule has 0 aromatic carbocycles. The average molecular weight is 314 g/mol. The molecule has 0 saturated heterocycles. The Morgan fingerprint density at radius 3 is 2.55 bits per heavy atom. The summed E-state index contributed by atoms with van der Waals surface area (Å²) in [5.74, 6) is -0.387. The van der Waals surface area contributed by atoms with Crippen LogP contribution in [0.1, 0.15) is 45.4 Å². The van der Waals surface area contributed by atoms with Gasteiger partial charge in [-0.05, 0) is 67.2 Å². The number of allylic oxidation sites excluding steroid dienone is 6. The lowest BCUT2D eigenvalue weighted by Crippen LogP contribution is -2.24. The Hall–Kier alpha value is -1.03. The van der Waals surface area contributed by atoms with Crippen molar-refractivity contribution in [2.75, 3.05) is 6.61 Å². The van der Waals surface area contributed by atoms with Crippen LogP contribution in [0.4, 0.5) is 13.2 Å². The van der Waals surface area contributed by atoms with Crippen LogP contribution in [0.5, 0.6) is 0 Å². The molecule has 2 aliphatic carbocycles. The molecule has 0 radical (unpaired) electrons. The number of alkyl halides is 1. The summed E-state index contributed by atoms with van der Waals surface area (Å²) in [7, 11) is 0. The van der Waals surface area contributed by atoms with Gasteiger partial charge in [-0.15, -0.1) is 0 Å². The molecule has 0 aromatic rings. The van der Waals surface area contributed by atoms with Crippen LogP contribution in [-0.2, 0) is 0 Å². The van der Waals surface area contributed by atoms with Gasteiger partial charge in [0.25, 0.3) is 0 Å². The Morgan fingerprint density at radius 2 is 1.91 bits per heavy atom. The lowest BCUT2D eigenvalue weighted by molar-refractivity contribution is 0.133. The van der Waals surface area contributed by atoms with Crippen molar-refractivity contribution in [2.24, 2.45) is 17.8 Å². The van der Waals surface area contributed by atoms with Crippen LogP contribution in [0.25, 0.3) is 0 Å². The normalized spacial score (nSPS) is 37.1. The Morgan fingerprint density at radius 1 is 1.23 bits per heavy atom. The highest BCUT2D eigenvalue weighted by atomic mass is 19.2. The van der Waals surface area contributed by atoms with Gasteiger partial charge >= 0.3 is 0 Å². The summed E-state index contributed by atoms with van der Waals surface area (Å²) in [6.45, 7) is 2.18. The Kier molecular flexibility index (Phi) is 6.30. The molecule has 124 valence electrons. The number of hydrogen-bond acceptors (Lipinski definition) is 1. The van der Waals surface area contributed by atoms with E-state index in [1.165, 1.54) is 6.08 Å². The molecule has 0 aromatic heterocycles. The van der Waals surface area contributed by atoms with Gasteiger partial charge in [-0.1, -0.05) is 19.8 Å². The summed E-state index contributed by atoms with van der Waals surface area (Å²) in [6.07, 6.45) is 5.90. The van der Waals surface area contributed by atoms with Crippen molar-refractivity contribution in [3.05, 3.63) is 35.5 Å². The van der Waals surface area contributed by atoms with E-state index in [9.17, 15) is 18.3 Å². The van der Waals surface area contributed by atoms with Gasteiger partial charge in [-0.25, -0.2) is 13.2 Å². The van der Waals surface area contributed by atoms with Crippen LogP contribution >= 0.6 is 0 Å². The maximum absolute atomic E-state index is 14.2. The minimum atomic E-state index is -1.89. The molecule has 22 heavy (non-hydrogen) atoms. The Bertz CT molecular complexity index is 459. The van der Waals surface area contributed by atoms with Crippen LogP contribution in [0.2, 0.25) is 0 Å². The van der Waals surface area contributed by atoms with E-state index in [1.54, 1.807) is 0 Å². The van der Waals surface area contributed by atoms with Gasteiger partial charge in [0.2, 0.25) is 0 Å². The third-order valence-corrected chi connectivity index (χ3v) is 5.02. The quantitative estimate of drug-likeness (QED) is 0.757. The molecule has 2 rings (SSSR count). The van der Waals surface area contributed by atoms with Crippen molar-refractivity contribution in [3.8, 4) is 0 Å². The first-order valence-corrected chi connectivity index (χ1v) is 8.17. The predicted octanol–water partition coefficient (Wildman–Crippen LogP) is 5.19. The maximum Gasteiger partial charge on any atom is 0.170 e. The first kappa shape index (κ1) is 17.3. The van der Waals surface area contributed by atoms with E-state index in [1.807, 2.05) is 0 Å². The van der Waals surface area contributed by atoms with Crippen LogP contribution in [0.15, 0.2) is 35.5 Å². The first-order valence-electron chi connectivity index (χ1n) is 8.17. The second-order valence-electron chi connectivity index (χ2n) is 6.67. The van der Waals surface area contributed by atoms with Crippen molar-refractivity contribution in [1.29, 1.82) is 0 Å². The molecule has 2 aliphatic rings. The summed E-state index contributed by atoms with van der Waals surface area (Å²) in [4.78, 5) is 0. The van der Waals surface area contributed by atoms with Crippen LogP contribution in [-0.4, -0.2) is 17.9 Å². The fourth-order valence-electron chi connectivity index (χ4n) is 3.48. The molecule has 2 unspecified atom stereocenters. The standard InChI is InChI=1S/C18H25F3O/c1-12-2-4-13(5-3-12)15(11-22)10-14-6-7-16(19)8-9-17(20)18(14)21/h7-9,12-13,15,17,22H,2-6,10-11H2,1H3/b9-8?,16-7+,18-14-. The van der Waals surface area contributed by atoms with Crippen molar-refractivity contribution < 1.29 is 18.3 Å². The van der Waals surface area contributed by atoms with E-state index in [0.29, 0.717) is 18.3 Å². The molecular formula is C18H25F3O. The zero-order valence-corrected chi connectivity index (χ0v) is 13.1. The summed E-state index contributed by atoms with van der Waals surface area (Å²) in [5, 5.41) is 9.66. The molecule has 1 N–H and O–H groups in total. The van der Waals surface area contributed by atoms with Gasteiger partial charge in [0.05, 0.1) is 0 Å². The van der Waals surface area contributed by atoms with Gasteiger partial charge in [0.1, 0.15) is 11.7 Å². The lowest BCUT2D eigenvalue weighted by atomic mass is 9.74. The van der Waals surface area contributed by atoms with Crippen molar-refractivity contribution >= 4 is 0 Å². The van der Waals surface area contributed by atoms with E-state index in [0.717, 1.165) is 37.8 Å². The Balaban J connectivity index is 2.09.